The van der Waals surface area contributed by atoms with Crippen LogP contribution in [0.1, 0.15) is 30.9 Å². The lowest BCUT2D eigenvalue weighted by Gasteiger charge is -2.08. The van der Waals surface area contributed by atoms with Crippen molar-refractivity contribution < 1.29 is 4.79 Å². The number of rotatable bonds is 4. The van der Waals surface area contributed by atoms with E-state index in [-0.39, 0.29) is 11.2 Å². The molecule has 130 valence electrons. The van der Waals surface area contributed by atoms with Crippen LogP contribution in [-0.2, 0) is 11.2 Å². The van der Waals surface area contributed by atoms with Crippen molar-refractivity contribution >= 4 is 51.7 Å². The Kier molecular flexibility index (Phi) is 5.72. The number of amides is 1. The van der Waals surface area contributed by atoms with Gasteiger partial charge in [-0.3, -0.25) is 4.79 Å². The number of hydrogen-bond donors (Lipinski definition) is 1. The Labute approximate surface area is 161 Å². The van der Waals surface area contributed by atoms with Crippen LogP contribution in [0.15, 0.2) is 47.5 Å². The summed E-state index contributed by atoms with van der Waals surface area (Å²) in [6.07, 6.45) is 0.515. The van der Waals surface area contributed by atoms with Crippen molar-refractivity contribution in [3.8, 4) is 0 Å². The number of benzene rings is 2. The van der Waals surface area contributed by atoms with Crippen molar-refractivity contribution in [2.24, 2.45) is 4.99 Å². The van der Waals surface area contributed by atoms with Gasteiger partial charge < -0.3 is 5.32 Å². The summed E-state index contributed by atoms with van der Waals surface area (Å²) in [5, 5.41) is 4.43. The largest absolute Gasteiger partial charge is 0.304 e. The van der Waals surface area contributed by atoms with Crippen LogP contribution >= 0.6 is 35.0 Å². The summed E-state index contributed by atoms with van der Waals surface area (Å²) in [5.41, 5.74) is 2.96. The number of carbonyl (C=O) groups is 1. The molecule has 1 amide bonds. The molecule has 0 aromatic heterocycles. The summed E-state index contributed by atoms with van der Waals surface area (Å²) in [5.74, 6) is 0.424. The summed E-state index contributed by atoms with van der Waals surface area (Å²) in [6.45, 7) is 4.30. The molecule has 0 aliphatic carbocycles. The standard InChI is InChI=1S/C19H18Cl2N2OS/c1-11(2)12-3-6-15(7-4-12)22-19-23-18(24)17(25-19)10-13-9-14(20)5-8-16(13)21/h3-9,11,17H,10H2,1-2H3,(H,22,23,24)/t17-/m1/s1. The van der Waals surface area contributed by atoms with Gasteiger partial charge >= 0.3 is 0 Å². The van der Waals surface area contributed by atoms with Gasteiger partial charge in [0.2, 0.25) is 5.91 Å². The van der Waals surface area contributed by atoms with E-state index in [1.807, 2.05) is 12.1 Å². The lowest BCUT2D eigenvalue weighted by molar-refractivity contribution is -0.118. The molecule has 2 aromatic carbocycles. The van der Waals surface area contributed by atoms with Gasteiger partial charge in [0.25, 0.3) is 0 Å². The zero-order valence-corrected chi connectivity index (χ0v) is 16.3. The maximum absolute atomic E-state index is 12.2. The average Bonchev–Trinajstić information content (AvgIpc) is 2.91. The van der Waals surface area contributed by atoms with Crippen molar-refractivity contribution in [3.63, 3.8) is 0 Å². The molecule has 0 radical (unpaired) electrons. The highest BCUT2D eigenvalue weighted by atomic mass is 35.5. The molecule has 1 heterocycles. The SMILES string of the molecule is CC(C)c1ccc(N=C2NC(=O)[C@@H](Cc3cc(Cl)ccc3Cl)S2)cc1. The van der Waals surface area contributed by atoms with Gasteiger partial charge in [0.15, 0.2) is 5.17 Å². The van der Waals surface area contributed by atoms with E-state index in [2.05, 4.69) is 36.3 Å². The molecule has 3 rings (SSSR count). The molecule has 2 aromatic rings. The molecule has 25 heavy (non-hydrogen) atoms. The monoisotopic (exact) mass is 392 g/mol. The molecule has 3 nitrogen and oxygen atoms in total. The maximum atomic E-state index is 12.2. The van der Waals surface area contributed by atoms with E-state index < -0.39 is 0 Å². The summed E-state index contributed by atoms with van der Waals surface area (Å²) >= 11 is 13.6. The topological polar surface area (TPSA) is 41.5 Å². The first-order valence-electron chi connectivity index (χ1n) is 8.02. The second-order valence-corrected chi connectivity index (χ2v) is 8.23. The normalized spacial score (nSPS) is 18.8. The van der Waals surface area contributed by atoms with Gasteiger partial charge in [0, 0.05) is 10.0 Å². The molecule has 0 unspecified atom stereocenters. The first-order chi connectivity index (χ1) is 11.9. The Balaban J connectivity index is 1.72. The van der Waals surface area contributed by atoms with E-state index in [0.29, 0.717) is 27.6 Å². The maximum Gasteiger partial charge on any atom is 0.239 e. The average molecular weight is 393 g/mol. The molecule has 1 N–H and O–H groups in total. The molecule has 0 spiro atoms. The van der Waals surface area contributed by atoms with Crippen LogP contribution in [0.3, 0.4) is 0 Å². The van der Waals surface area contributed by atoms with E-state index in [9.17, 15) is 4.79 Å². The van der Waals surface area contributed by atoms with Gasteiger partial charge in [0.05, 0.1) is 10.9 Å². The third-order valence-corrected chi connectivity index (χ3v) is 5.67. The Hall–Kier alpha value is -1.49. The predicted molar refractivity (Wildman–Crippen MR) is 107 cm³/mol. The first-order valence-corrected chi connectivity index (χ1v) is 9.66. The van der Waals surface area contributed by atoms with E-state index in [4.69, 9.17) is 23.2 Å². The highest BCUT2D eigenvalue weighted by Gasteiger charge is 2.30. The minimum atomic E-state index is -0.260. The van der Waals surface area contributed by atoms with Gasteiger partial charge in [-0.05, 0) is 53.8 Å². The summed E-state index contributed by atoms with van der Waals surface area (Å²) in [6, 6.07) is 13.4. The quantitative estimate of drug-likeness (QED) is 0.737. The zero-order chi connectivity index (χ0) is 18.0. The van der Waals surface area contributed by atoms with Crippen LogP contribution in [0, 0.1) is 0 Å². The van der Waals surface area contributed by atoms with Crippen molar-refractivity contribution in [1.82, 2.24) is 5.32 Å². The van der Waals surface area contributed by atoms with Crippen LogP contribution in [0.4, 0.5) is 5.69 Å². The molecule has 1 aliphatic rings. The fraction of sp³-hybridized carbons (Fsp3) is 0.263. The minimum Gasteiger partial charge on any atom is -0.304 e. The van der Waals surface area contributed by atoms with Crippen LogP contribution in [0.5, 0.6) is 0 Å². The Morgan fingerprint density at radius 1 is 1.16 bits per heavy atom. The molecule has 6 heteroatoms. The van der Waals surface area contributed by atoms with Crippen LogP contribution in [0.2, 0.25) is 10.0 Å². The molecule has 0 saturated carbocycles. The van der Waals surface area contributed by atoms with Crippen molar-refractivity contribution in [2.75, 3.05) is 0 Å². The fourth-order valence-corrected chi connectivity index (χ4v) is 3.95. The van der Waals surface area contributed by atoms with E-state index in [1.54, 1.807) is 18.2 Å². The Bertz CT molecular complexity index is 819. The Morgan fingerprint density at radius 3 is 2.56 bits per heavy atom. The molecule has 1 fully saturated rings. The molecule has 0 bridgehead atoms. The number of halogens is 2. The number of hydrogen-bond acceptors (Lipinski definition) is 3. The number of nitrogens with one attached hydrogen (secondary N) is 1. The van der Waals surface area contributed by atoms with Crippen LogP contribution < -0.4 is 5.32 Å². The number of aliphatic imine (C=N–C) groups is 1. The highest BCUT2D eigenvalue weighted by Crippen LogP contribution is 2.29. The second-order valence-electron chi connectivity index (χ2n) is 6.20. The molecular formula is C19H18Cl2N2OS. The van der Waals surface area contributed by atoms with Crippen molar-refractivity contribution in [1.29, 1.82) is 0 Å². The number of nitrogens with zero attached hydrogens (tertiary/aromatic N) is 1. The first kappa shape index (κ1) is 18.3. The van der Waals surface area contributed by atoms with Gasteiger partial charge in [0.1, 0.15) is 0 Å². The third kappa shape index (κ3) is 4.57. The van der Waals surface area contributed by atoms with Crippen LogP contribution in [-0.4, -0.2) is 16.3 Å². The van der Waals surface area contributed by atoms with Gasteiger partial charge in [-0.15, -0.1) is 0 Å². The lowest BCUT2D eigenvalue weighted by atomic mass is 10.0. The van der Waals surface area contributed by atoms with Gasteiger partial charge in [-0.1, -0.05) is 60.9 Å². The van der Waals surface area contributed by atoms with Gasteiger partial charge in [-0.25, -0.2) is 4.99 Å². The van der Waals surface area contributed by atoms with Crippen molar-refractivity contribution in [3.05, 3.63) is 63.6 Å². The molecular weight excluding hydrogens is 375 g/mol. The summed E-state index contributed by atoms with van der Waals surface area (Å²) in [4.78, 5) is 16.8. The molecule has 1 atom stereocenters. The highest BCUT2D eigenvalue weighted by molar-refractivity contribution is 8.15. The molecule has 1 aliphatic heterocycles. The minimum absolute atomic E-state index is 0.0569. The predicted octanol–water partition coefficient (Wildman–Crippen LogP) is 5.58. The van der Waals surface area contributed by atoms with E-state index in [0.717, 1.165) is 11.3 Å². The Morgan fingerprint density at radius 2 is 1.88 bits per heavy atom. The summed E-state index contributed by atoms with van der Waals surface area (Å²) in [7, 11) is 0. The van der Waals surface area contributed by atoms with E-state index >= 15 is 0 Å². The summed E-state index contributed by atoms with van der Waals surface area (Å²) < 4.78 is 0. The number of amidine groups is 1. The zero-order valence-electron chi connectivity index (χ0n) is 13.9. The second kappa shape index (κ2) is 7.81. The van der Waals surface area contributed by atoms with E-state index in [1.165, 1.54) is 17.3 Å². The fourth-order valence-electron chi connectivity index (χ4n) is 2.54. The lowest BCUT2D eigenvalue weighted by Crippen LogP contribution is -2.26. The number of carbonyl (C=O) groups excluding carboxylic acids is 1. The smallest absolute Gasteiger partial charge is 0.239 e. The molecule has 1 saturated heterocycles. The third-order valence-electron chi connectivity index (χ3n) is 3.98. The van der Waals surface area contributed by atoms with Crippen molar-refractivity contribution in [2.45, 2.75) is 31.4 Å². The number of thioether (sulfide) groups is 1. The van der Waals surface area contributed by atoms with Crippen LogP contribution in [0.25, 0.3) is 0 Å². The van der Waals surface area contributed by atoms with Gasteiger partial charge in [-0.2, -0.15) is 0 Å².